The molecule has 0 fully saturated rings. The van der Waals surface area contributed by atoms with Crippen molar-refractivity contribution >= 4 is 56.2 Å². The Morgan fingerprint density at radius 2 is 1.81 bits per heavy atom. The highest BCUT2D eigenvalue weighted by molar-refractivity contribution is 7.14. The number of hydrazone groups is 1. The molecule has 27 heavy (non-hydrogen) atoms. The Morgan fingerprint density at radius 1 is 1.00 bits per heavy atom. The number of thiazole rings is 1. The summed E-state index contributed by atoms with van der Waals surface area (Å²) in [6, 6.07) is 20.0. The predicted molar refractivity (Wildman–Crippen MR) is 117 cm³/mol. The number of nitrogens with one attached hydrogen (secondary N) is 1. The van der Waals surface area contributed by atoms with Gasteiger partial charge in [0.2, 0.25) is 5.13 Å². The van der Waals surface area contributed by atoms with E-state index >= 15 is 0 Å². The minimum absolute atomic E-state index is 0.515. The van der Waals surface area contributed by atoms with Gasteiger partial charge >= 0.3 is 0 Å². The van der Waals surface area contributed by atoms with Crippen molar-refractivity contribution in [1.82, 2.24) is 4.98 Å². The van der Waals surface area contributed by atoms with Gasteiger partial charge in [-0.25, -0.2) is 4.98 Å². The van der Waals surface area contributed by atoms with Crippen molar-refractivity contribution in [2.45, 2.75) is 6.92 Å². The fraction of sp³-hybridized carbons (Fsp3) is 0.0476. The minimum Gasteiger partial charge on any atom is -0.252 e. The second-order valence-corrected chi connectivity index (χ2v) is 7.68. The largest absolute Gasteiger partial charge is 0.252 e. The van der Waals surface area contributed by atoms with Crippen molar-refractivity contribution in [3.05, 3.63) is 81.7 Å². The topological polar surface area (TPSA) is 37.3 Å². The number of anilines is 1. The molecule has 1 N–H and O–H groups in total. The third-order valence-corrected chi connectivity index (χ3v) is 5.70. The maximum absolute atomic E-state index is 6.09. The molecule has 4 aromatic rings. The first kappa shape index (κ1) is 18.0. The molecule has 0 amide bonds. The Kier molecular flexibility index (Phi) is 5.12. The lowest BCUT2D eigenvalue weighted by molar-refractivity contribution is 1.27. The second kappa shape index (κ2) is 7.69. The molecule has 4 rings (SSSR count). The highest BCUT2D eigenvalue weighted by Crippen LogP contribution is 2.30. The van der Waals surface area contributed by atoms with Crippen molar-refractivity contribution in [1.29, 1.82) is 0 Å². The number of halogens is 2. The van der Waals surface area contributed by atoms with Gasteiger partial charge in [0.05, 0.1) is 21.5 Å². The van der Waals surface area contributed by atoms with Crippen LogP contribution in [0.15, 0.2) is 71.1 Å². The molecule has 0 saturated heterocycles. The van der Waals surface area contributed by atoms with Crippen LogP contribution in [0.5, 0.6) is 0 Å². The molecule has 0 aliphatic carbocycles. The summed E-state index contributed by atoms with van der Waals surface area (Å²) in [5.74, 6) is 0. The maximum atomic E-state index is 6.09. The van der Waals surface area contributed by atoms with E-state index in [1.54, 1.807) is 6.07 Å². The molecule has 0 bridgehead atoms. The summed E-state index contributed by atoms with van der Waals surface area (Å²) in [5, 5.41) is 10.6. The molecule has 0 aliphatic heterocycles. The summed E-state index contributed by atoms with van der Waals surface area (Å²) >= 11 is 13.6. The van der Waals surface area contributed by atoms with Crippen LogP contribution in [0.4, 0.5) is 5.13 Å². The van der Waals surface area contributed by atoms with Crippen molar-refractivity contribution in [2.24, 2.45) is 5.10 Å². The van der Waals surface area contributed by atoms with E-state index in [9.17, 15) is 0 Å². The number of aromatic nitrogens is 1. The van der Waals surface area contributed by atoms with E-state index in [2.05, 4.69) is 39.8 Å². The van der Waals surface area contributed by atoms with Gasteiger partial charge in [0, 0.05) is 16.5 Å². The fourth-order valence-corrected chi connectivity index (χ4v) is 3.81. The molecular weight excluding hydrogens is 397 g/mol. The smallest absolute Gasteiger partial charge is 0.203 e. The van der Waals surface area contributed by atoms with E-state index in [4.69, 9.17) is 23.2 Å². The van der Waals surface area contributed by atoms with Gasteiger partial charge in [-0.2, -0.15) is 5.10 Å². The Morgan fingerprint density at radius 3 is 2.67 bits per heavy atom. The van der Waals surface area contributed by atoms with Gasteiger partial charge in [0.25, 0.3) is 0 Å². The van der Waals surface area contributed by atoms with Crippen LogP contribution in [-0.2, 0) is 0 Å². The number of rotatable bonds is 4. The Labute approximate surface area is 171 Å². The molecule has 6 heteroatoms. The first-order chi connectivity index (χ1) is 13.1. The lowest BCUT2D eigenvalue weighted by atomic mass is 10.0. The lowest BCUT2D eigenvalue weighted by Gasteiger charge is -2.06. The molecule has 0 aliphatic rings. The van der Waals surface area contributed by atoms with E-state index < -0.39 is 0 Å². The molecule has 3 aromatic carbocycles. The first-order valence-electron chi connectivity index (χ1n) is 8.31. The van der Waals surface area contributed by atoms with Crippen molar-refractivity contribution in [2.75, 3.05) is 5.43 Å². The van der Waals surface area contributed by atoms with Gasteiger partial charge in [-0.15, -0.1) is 11.3 Å². The summed E-state index contributed by atoms with van der Waals surface area (Å²) in [6.45, 7) is 1.99. The second-order valence-electron chi connectivity index (χ2n) is 6.00. The molecule has 134 valence electrons. The van der Waals surface area contributed by atoms with Crippen LogP contribution in [-0.4, -0.2) is 10.7 Å². The average Bonchev–Trinajstić information content (AvgIpc) is 3.17. The Bertz CT molecular complexity index is 1150. The first-order valence-corrected chi connectivity index (χ1v) is 9.95. The van der Waals surface area contributed by atoms with Gasteiger partial charge in [-0.05, 0) is 29.8 Å². The number of hydrogen-bond donors (Lipinski definition) is 1. The van der Waals surface area contributed by atoms with Gasteiger partial charge < -0.3 is 0 Å². The zero-order valence-corrected chi connectivity index (χ0v) is 16.7. The van der Waals surface area contributed by atoms with Gasteiger partial charge in [0.15, 0.2) is 0 Å². The number of nitrogens with zero attached hydrogens (tertiary/aromatic N) is 2. The van der Waals surface area contributed by atoms with Crippen LogP contribution in [0.3, 0.4) is 0 Å². The predicted octanol–water partition coefficient (Wildman–Crippen LogP) is 7.11. The Hall–Kier alpha value is -2.40. The molecule has 1 heterocycles. The van der Waals surface area contributed by atoms with Crippen molar-refractivity contribution in [3.63, 3.8) is 0 Å². The highest BCUT2D eigenvalue weighted by Gasteiger charge is 2.08. The van der Waals surface area contributed by atoms with Crippen molar-refractivity contribution in [3.8, 4) is 11.3 Å². The molecular formula is C21H15Cl2N3S. The van der Waals surface area contributed by atoms with Crippen LogP contribution in [0.1, 0.15) is 12.5 Å². The lowest BCUT2D eigenvalue weighted by Crippen LogP contribution is -2.00. The normalized spacial score (nSPS) is 11.7. The van der Waals surface area contributed by atoms with E-state index in [0.717, 1.165) is 27.7 Å². The standard InChI is InChI=1S/C21H15Cl2N3S/c1-13(16-8-4-6-14-5-2-3-7-17(14)16)25-26-21-24-20(12-27-21)15-9-10-18(22)19(23)11-15/h2-12H,1H3,(H,24,26)/b25-13+. The molecule has 0 spiro atoms. The summed E-state index contributed by atoms with van der Waals surface area (Å²) in [6.07, 6.45) is 0. The van der Waals surface area contributed by atoms with E-state index in [0.29, 0.717) is 10.0 Å². The fourth-order valence-electron chi connectivity index (χ4n) is 2.85. The van der Waals surface area contributed by atoms with Crippen LogP contribution < -0.4 is 5.43 Å². The zero-order chi connectivity index (χ0) is 18.8. The summed E-state index contributed by atoms with van der Waals surface area (Å²) in [7, 11) is 0. The molecule has 3 nitrogen and oxygen atoms in total. The van der Waals surface area contributed by atoms with Crippen LogP contribution in [0.2, 0.25) is 10.0 Å². The van der Waals surface area contributed by atoms with Crippen LogP contribution in [0.25, 0.3) is 22.0 Å². The van der Waals surface area contributed by atoms with Gasteiger partial charge in [-0.3, -0.25) is 5.43 Å². The molecule has 1 aromatic heterocycles. The van der Waals surface area contributed by atoms with E-state index in [1.807, 2.05) is 42.6 Å². The van der Waals surface area contributed by atoms with E-state index in [-0.39, 0.29) is 0 Å². The minimum atomic E-state index is 0.515. The monoisotopic (exact) mass is 411 g/mol. The average molecular weight is 412 g/mol. The Balaban J connectivity index is 1.57. The number of fused-ring (bicyclic) bond motifs is 1. The van der Waals surface area contributed by atoms with E-state index in [1.165, 1.54) is 22.1 Å². The summed E-state index contributed by atoms with van der Waals surface area (Å²) in [5.41, 5.74) is 6.81. The van der Waals surface area contributed by atoms with Crippen molar-refractivity contribution < 1.29 is 0 Å². The summed E-state index contributed by atoms with van der Waals surface area (Å²) in [4.78, 5) is 4.58. The third-order valence-electron chi connectivity index (χ3n) is 4.22. The van der Waals surface area contributed by atoms with Crippen LogP contribution in [0, 0.1) is 0 Å². The maximum Gasteiger partial charge on any atom is 0.203 e. The highest BCUT2D eigenvalue weighted by atomic mass is 35.5. The zero-order valence-electron chi connectivity index (χ0n) is 14.4. The SMILES string of the molecule is C/C(=N\Nc1nc(-c2ccc(Cl)c(Cl)c2)cs1)c1cccc2ccccc12. The third kappa shape index (κ3) is 3.83. The number of benzene rings is 3. The summed E-state index contributed by atoms with van der Waals surface area (Å²) < 4.78 is 0. The number of hydrogen-bond acceptors (Lipinski definition) is 4. The molecule has 0 unspecified atom stereocenters. The molecule has 0 saturated carbocycles. The van der Waals surface area contributed by atoms with Gasteiger partial charge in [0.1, 0.15) is 0 Å². The van der Waals surface area contributed by atoms with Gasteiger partial charge in [-0.1, -0.05) is 71.7 Å². The molecule has 0 atom stereocenters. The quantitative estimate of drug-likeness (QED) is 0.287. The van der Waals surface area contributed by atoms with Crippen LogP contribution >= 0.6 is 34.5 Å². The molecule has 0 radical (unpaired) electrons.